The van der Waals surface area contributed by atoms with Crippen LogP contribution in [0.25, 0.3) is 0 Å². The Kier molecular flexibility index (Phi) is 5.11. The van der Waals surface area contributed by atoms with Gasteiger partial charge in [-0.05, 0) is 24.6 Å². The number of hydrogen-bond acceptors (Lipinski definition) is 5. The Hall–Kier alpha value is -2.41. The van der Waals surface area contributed by atoms with Gasteiger partial charge in [0.1, 0.15) is 0 Å². The second kappa shape index (κ2) is 7.04. The summed E-state index contributed by atoms with van der Waals surface area (Å²) < 4.78 is 24.2. The molecule has 1 aromatic heterocycles. The average Bonchev–Trinajstić information content (AvgIpc) is 2.53. The summed E-state index contributed by atoms with van der Waals surface area (Å²) >= 11 is 0. The summed E-state index contributed by atoms with van der Waals surface area (Å²) in [5, 5.41) is 3.01. The van der Waals surface area contributed by atoms with Crippen molar-refractivity contribution >= 4 is 21.4 Å². The number of benzene rings is 1. The Morgan fingerprint density at radius 1 is 1.18 bits per heavy atom. The third kappa shape index (κ3) is 4.05. The molecule has 1 heterocycles. The van der Waals surface area contributed by atoms with Crippen LogP contribution < -0.4 is 11.1 Å². The summed E-state index contributed by atoms with van der Waals surface area (Å²) in [4.78, 5) is 15.4. The highest BCUT2D eigenvalue weighted by atomic mass is 32.2. The van der Waals surface area contributed by atoms with Crippen LogP contribution in [-0.4, -0.2) is 31.6 Å². The van der Waals surface area contributed by atoms with E-state index >= 15 is 0 Å². The molecule has 2 aromatic rings. The van der Waals surface area contributed by atoms with E-state index in [4.69, 9.17) is 5.73 Å². The number of nitrogens with one attached hydrogen (secondary N) is 1. The number of carbonyl (C=O) groups is 1. The summed E-state index contributed by atoms with van der Waals surface area (Å²) in [5.74, 6) is -0.548. The Labute approximate surface area is 129 Å². The lowest BCUT2D eigenvalue weighted by Crippen LogP contribution is -2.16. The van der Waals surface area contributed by atoms with Crippen LogP contribution in [0.4, 0.5) is 5.69 Å². The van der Waals surface area contributed by atoms with Crippen molar-refractivity contribution in [2.75, 3.05) is 17.6 Å². The molecule has 2 rings (SSSR count). The van der Waals surface area contributed by atoms with E-state index in [0.717, 1.165) is 0 Å². The number of aromatic nitrogens is 1. The molecule has 3 N–H and O–H groups in total. The Morgan fingerprint density at radius 2 is 1.91 bits per heavy atom. The van der Waals surface area contributed by atoms with E-state index in [1.54, 1.807) is 36.4 Å². The fourth-order valence-corrected chi connectivity index (χ4v) is 3.31. The lowest BCUT2D eigenvalue weighted by molar-refractivity contribution is 0.100. The maximum Gasteiger partial charge on any atom is 0.252 e. The molecule has 6 nitrogen and oxygen atoms in total. The molecule has 0 fully saturated rings. The standard InChI is InChI=1S/C15H17N3O3S/c16-15(19)13-11-17-9-7-14(13)18-8-4-10-22(20,21)12-5-2-1-3-6-12/h1-3,5-7,9,11H,4,8,10H2,(H2,16,19)(H,17,18). The first-order chi connectivity index (χ1) is 10.5. The van der Waals surface area contributed by atoms with Crippen LogP contribution in [0, 0.1) is 0 Å². The van der Waals surface area contributed by atoms with Crippen molar-refractivity contribution in [1.29, 1.82) is 0 Å². The second-order valence-electron chi connectivity index (χ2n) is 4.70. The number of rotatable bonds is 7. The van der Waals surface area contributed by atoms with E-state index in [1.807, 2.05) is 0 Å². The van der Waals surface area contributed by atoms with Crippen molar-refractivity contribution in [3.8, 4) is 0 Å². The van der Waals surface area contributed by atoms with Gasteiger partial charge in [0.15, 0.2) is 9.84 Å². The van der Waals surface area contributed by atoms with Gasteiger partial charge < -0.3 is 11.1 Å². The lowest BCUT2D eigenvalue weighted by atomic mass is 10.2. The van der Waals surface area contributed by atoms with Gasteiger partial charge in [-0.25, -0.2) is 8.42 Å². The highest BCUT2D eigenvalue weighted by Gasteiger charge is 2.13. The minimum Gasteiger partial charge on any atom is -0.384 e. The van der Waals surface area contributed by atoms with Gasteiger partial charge in [0, 0.05) is 18.9 Å². The number of hydrogen-bond donors (Lipinski definition) is 2. The minimum absolute atomic E-state index is 0.0288. The van der Waals surface area contributed by atoms with Crippen molar-refractivity contribution in [3.63, 3.8) is 0 Å². The molecule has 0 atom stereocenters. The molecule has 0 aliphatic heterocycles. The third-order valence-corrected chi connectivity index (χ3v) is 4.91. The molecular formula is C15H17N3O3S. The molecule has 22 heavy (non-hydrogen) atoms. The first-order valence-electron chi connectivity index (χ1n) is 6.76. The predicted molar refractivity (Wildman–Crippen MR) is 84.4 cm³/mol. The van der Waals surface area contributed by atoms with E-state index in [-0.39, 0.29) is 11.3 Å². The molecule has 1 amide bonds. The molecule has 116 valence electrons. The van der Waals surface area contributed by atoms with Gasteiger partial charge in [-0.1, -0.05) is 18.2 Å². The van der Waals surface area contributed by atoms with Crippen LogP contribution in [-0.2, 0) is 9.84 Å². The Balaban J connectivity index is 1.92. The zero-order chi connectivity index (χ0) is 16.0. The normalized spacial score (nSPS) is 11.1. The molecule has 0 bridgehead atoms. The second-order valence-corrected chi connectivity index (χ2v) is 6.81. The third-order valence-electron chi connectivity index (χ3n) is 3.09. The molecular weight excluding hydrogens is 302 g/mol. The maximum atomic E-state index is 12.1. The first kappa shape index (κ1) is 16.0. The number of anilines is 1. The van der Waals surface area contributed by atoms with E-state index < -0.39 is 15.7 Å². The quantitative estimate of drug-likeness (QED) is 0.752. The van der Waals surface area contributed by atoms with E-state index in [1.165, 1.54) is 12.4 Å². The average molecular weight is 319 g/mol. The van der Waals surface area contributed by atoms with Gasteiger partial charge in [-0.2, -0.15) is 0 Å². The number of primary amides is 1. The number of nitrogens with two attached hydrogens (primary N) is 1. The number of sulfone groups is 1. The Bertz CT molecular complexity index is 746. The fraction of sp³-hybridized carbons (Fsp3) is 0.200. The number of pyridine rings is 1. The molecule has 0 radical (unpaired) electrons. The minimum atomic E-state index is -3.29. The first-order valence-corrected chi connectivity index (χ1v) is 8.41. The molecule has 0 unspecified atom stereocenters. The predicted octanol–water partition coefficient (Wildman–Crippen LogP) is 1.46. The molecule has 7 heteroatoms. The van der Waals surface area contributed by atoms with Crippen LogP contribution >= 0.6 is 0 Å². The molecule has 0 aliphatic rings. The SMILES string of the molecule is NC(=O)c1cnccc1NCCCS(=O)(=O)c1ccccc1. The summed E-state index contributed by atoms with van der Waals surface area (Å²) in [6, 6.07) is 9.96. The van der Waals surface area contributed by atoms with Crippen molar-refractivity contribution in [2.45, 2.75) is 11.3 Å². The fourth-order valence-electron chi connectivity index (χ4n) is 1.98. The lowest BCUT2D eigenvalue weighted by Gasteiger charge is -2.09. The Morgan fingerprint density at radius 3 is 2.59 bits per heavy atom. The summed E-state index contributed by atoms with van der Waals surface area (Å²) in [6.07, 6.45) is 3.33. The van der Waals surface area contributed by atoms with Crippen LogP contribution in [0.15, 0.2) is 53.7 Å². The van der Waals surface area contributed by atoms with Gasteiger partial charge in [-0.15, -0.1) is 0 Å². The van der Waals surface area contributed by atoms with Crippen molar-refractivity contribution in [3.05, 3.63) is 54.4 Å². The highest BCUT2D eigenvalue weighted by Crippen LogP contribution is 2.14. The van der Waals surface area contributed by atoms with Gasteiger partial charge in [0.25, 0.3) is 5.91 Å². The zero-order valence-corrected chi connectivity index (χ0v) is 12.7. The van der Waals surface area contributed by atoms with Gasteiger partial charge in [0.05, 0.1) is 21.9 Å². The van der Waals surface area contributed by atoms with Gasteiger partial charge in [-0.3, -0.25) is 9.78 Å². The number of nitrogens with zero attached hydrogens (tertiary/aromatic N) is 1. The smallest absolute Gasteiger partial charge is 0.252 e. The zero-order valence-electron chi connectivity index (χ0n) is 11.9. The van der Waals surface area contributed by atoms with Crippen molar-refractivity contribution in [2.24, 2.45) is 5.73 Å². The topological polar surface area (TPSA) is 102 Å². The highest BCUT2D eigenvalue weighted by molar-refractivity contribution is 7.91. The molecule has 1 aromatic carbocycles. The van der Waals surface area contributed by atoms with Crippen LogP contribution in [0.2, 0.25) is 0 Å². The van der Waals surface area contributed by atoms with E-state index in [9.17, 15) is 13.2 Å². The van der Waals surface area contributed by atoms with E-state index in [0.29, 0.717) is 23.5 Å². The summed E-state index contributed by atoms with van der Waals surface area (Å²) in [6.45, 7) is 0.413. The number of carbonyl (C=O) groups excluding carboxylic acids is 1. The van der Waals surface area contributed by atoms with Gasteiger partial charge >= 0.3 is 0 Å². The van der Waals surface area contributed by atoms with Crippen LogP contribution in [0.3, 0.4) is 0 Å². The monoisotopic (exact) mass is 319 g/mol. The number of amides is 1. The molecule has 0 saturated carbocycles. The van der Waals surface area contributed by atoms with Crippen LogP contribution in [0.1, 0.15) is 16.8 Å². The molecule has 0 aliphatic carbocycles. The van der Waals surface area contributed by atoms with Gasteiger partial charge in [0.2, 0.25) is 0 Å². The molecule has 0 spiro atoms. The molecule has 0 saturated heterocycles. The summed E-state index contributed by atoms with van der Waals surface area (Å²) in [5.41, 5.74) is 6.09. The maximum absolute atomic E-state index is 12.1. The van der Waals surface area contributed by atoms with Crippen molar-refractivity contribution < 1.29 is 13.2 Å². The summed E-state index contributed by atoms with van der Waals surface area (Å²) in [7, 11) is -3.29. The van der Waals surface area contributed by atoms with E-state index in [2.05, 4.69) is 10.3 Å². The van der Waals surface area contributed by atoms with Crippen LogP contribution in [0.5, 0.6) is 0 Å². The van der Waals surface area contributed by atoms with Crippen molar-refractivity contribution in [1.82, 2.24) is 4.98 Å². The largest absolute Gasteiger partial charge is 0.384 e.